The first kappa shape index (κ1) is 20.2. The summed E-state index contributed by atoms with van der Waals surface area (Å²) < 4.78 is 14.6. The number of likely N-dealkylation sites (tertiary alicyclic amines) is 1. The Morgan fingerprint density at radius 3 is 2.71 bits per heavy atom. The van der Waals surface area contributed by atoms with Gasteiger partial charge >= 0.3 is 0 Å². The number of halogens is 1. The normalized spacial score (nSPS) is 19.5. The van der Waals surface area contributed by atoms with Crippen LogP contribution in [0.25, 0.3) is 11.3 Å². The predicted molar refractivity (Wildman–Crippen MR) is 110 cm³/mol. The Morgan fingerprint density at radius 2 is 2.04 bits per heavy atom. The van der Waals surface area contributed by atoms with Gasteiger partial charge in [0.25, 0.3) is 5.91 Å². The molecular formula is C22H29FN4O. The van der Waals surface area contributed by atoms with Gasteiger partial charge in [-0.3, -0.25) is 4.79 Å². The highest BCUT2D eigenvalue weighted by Gasteiger charge is 2.31. The van der Waals surface area contributed by atoms with Gasteiger partial charge in [-0.25, -0.2) is 14.4 Å². The van der Waals surface area contributed by atoms with Crippen LogP contribution in [0.2, 0.25) is 0 Å². The van der Waals surface area contributed by atoms with Crippen LogP contribution in [0.5, 0.6) is 0 Å². The first-order valence-corrected chi connectivity index (χ1v) is 10.1. The van der Waals surface area contributed by atoms with Crippen LogP contribution in [0.15, 0.2) is 30.5 Å². The molecule has 1 saturated heterocycles. The van der Waals surface area contributed by atoms with Crippen LogP contribution in [-0.2, 0) is 0 Å². The number of nitrogens with zero attached hydrogens (tertiary/aromatic N) is 4. The number of carbonyl (C=O) groups excluding carboxylic acids is 1. The minimum absolute atomic E-state index is 0.116. The van der Waals surface area contributed by atoms with Gasteiger partial charge in [0.05, 0.1) is 11.3 Å². The monoisotopic (exact) mass is 384 g/mol. The quantitative estimate of drug-likeness (QED) is 0.767. The van der Waals surface area contributed by atoms with Gasteiger partial charge in [-0.15, -0.1) is 0 Å². The molecule has 2 atom stereocenters. The Morgan fingerprint density at radius 1 is 1.29 bits per heavy atom. The van der Waals surface area contributed by atoms with E-state index in [1.54, 1.807) is 24.4 Å². The first-order valence-electron chi connectivity index (χ1n) is 10.1. The van der Waals surface area contributed by atoms with Crippen molar-refractivity contribution in [3.8, 4) is 11.3 Å². The second-order valence-corrected chi connectivity index (χ2v) is 7.58. The Hall–Kier alpha value is -2.50. The van der Waals surface area contributed by atoms with E-state index >= 15 is 0 Å². The molecular weight excluding hydrogens is 355 g/mol. The molecule has 0 radical (unpaired) electrons. The van der Waals surface area contributed by atoms with Crippen LogP contribution in [0, 0.1) is 11.7 Å². The summed E-state index contributed by atoms with van der Waals surface area (Å²) in [7, 11) is 1.88. The number of aromatic nitrogens is 2. The molecule has 0 N–H and O–H groups in total. The molecule has 0 spiro atoms. The zero-order valence-electron chi connectivity index (χ0n) is 17.2. The summed E-state index contributed by atoms with van der Waals surface area (Å²) in [5.41, 5.74) is 1.05. The summed E-state index contributed by atoms with van der Waals surface area (Å²) in [6.45, 7) is 7.67. The summed E-state index contributed by atoms with van der Waals surface area (Å²) >= 11 is 0. The van der Waals surface area contributed by atoms with E-state index in [0.717, 1.165) is 25.8 Å². The highest BCUT2D eigenvalue weighted by molar-refractivity contribution is 6.00. The van der Waals surface area contributed by atoms with Gasteiger partial charge in [-0.2, -0.15) is 0 Å². The third-order valence-corrected chi connectivity index (χ3v) is 5.77. The topological polar surface area (TPSA) is 49.3 Å². The van der Waals surface area contributed by atoms with Crippen molar-refractivity contribution in [2.24, 2.45) is 5.92 Å². The highest BCUT2D eigenvalue weighted by Crippen LogP contribution is 2.30. The van der Waals surface area contributed by atoms with Crippen molar-refractivity contribution in [3.05, 3.63) is 41.8 Å². The molecule has 1 aliphatic rings. The number of amides is 1. The van der Waals surface area contributed by atoms with Gasteiger partial charge < -0.3 is 9.80 Å². The van der Waals surface area contributed by atoms with E-state index < -0.39 is 5.82 Å². The summed E-state index contributed by atoms with van der Waals surface area (Å²) in [4.78, 5) is 26.2. The molecule has 1 aromatic carbocycles. The standard InChI is InChI=1S/C22H29FN4O/c1-5-16-12-11-15(3)27(14-16)21(28)18-13-24-22(26(4)6-2)25-20(18)17-9-7-8-10-19(17)23/h7-10,13,15-16H,5-6,11-12,14H2,1-4H3. The molecule has 0 bridgehead atoms. The average Bonchev–Trinajstić information content (AvgIpc) is 2.73. The van der Waals surface area contributed by atoms with Crippen LogP contribution in [0.1, 0.15) is 50.4 Å². The van der Waals surface area contributed by atoms with Crippen LogP contribution < -0.4 is 4.90 Å². The third kappa shape index (κ3) is 4.01. The van der Waals surface area contributed by atoms with Crippen LogP contribution in [0.4, 0.5) is 10.3 Å². The molecule has 2 unspecified atom stereocenters. The Balaban J connectivity index is 2.07. The highest BCUT2D eigenvalue weighted by atomic mass is 19.1. The molecule has 28 heavy (non-hydrogen) atoms. The van der Waals surface area contributed by atoms with E-state index in [-0.39, 0.29) is 11.9 Å². The number of anilines is 1. The summed E-state index contributed by atoms with van der Waals surface area (Å²) in [5, 5.41) is 0. The van der Waals surface area contributed by atoms with Crippen LogP contribution in [0.3, 0.4) is 0 Å². The maximum Gasteiger partial charge on any atom is 0.257 e. The van der Waals surface area contributed by atoms with Crippen LogP contribution >= 0.6 is 0 Å². The van der Waals surface area contributed by atoms with E-state index in [0.29, 0.717) is 35.2 Å². The molecule has 0 saturated carbocycles. The zero-order chi connectivity index (χ0) is 20.3. The molecule has 2 aromatic rings. The molecule has 1 amide bonds. The van der Waals surface area contributed by atoms with Gasteiger partial charge in [-0.05, 0) is 44.7 Å². The third-order valence-electron chi connectivity index (χ3n) is 5.77. The largest absolute Gasteiger partial charge is 0.344 e. The number of rotatable bonds is 5. The Bertz CT molecular complexity index is 841. The van der Waals surface area contributed by atoms with Gasteiger partial charge in [0.2, 0.25) is 5.95 Å². The second kappa shape index (κ2) is 8.67. The molecule has 1 aliphatic heterocycles. The lowest BCUT2D eigenvalue weighted by Gasteiger charge is -2.38. The molecule has 6 heteroatoms. The summed E-state index contributed by atoms with van der Waals surface area (Å²) in [6, 6.07) is 6.61. The maximum absolute atomic E-state index is 14.6. The van der Waals surface area contributed by atoms with Crippen molar-refractivity contribution in [1.29, 1.82) is 0 Å². The Labute approximate surface area is 166 Å². The van der Waals surface area contributed by atoms with E-state index in [4.69, 9.17) is 0 Å². The maximum atomic E-state index is 14.6. The van der Waals surface area contributed by atoms with Crippen LogP contribution in [-0.4, -0.2) is 47.0 Å². The Kier molecular flexibility index (Phi) is 6.27. The van der Waals surface area contributed by atoms with Crippen molar-refractivity contribution in [1.82, 2.24) is 14.9 Å². The fraction of sp³-hybridized carbons (Fsp3) is 0.500. The van der Waals surface area contributed by atoms with Gasteiger partial charge in [0.1, 0.15) is 5.82 Å². The molecule has 3 rings (SSSR count). The lowest BCUT2D eigenvalue weighted by atomic mass is 9.91. The number of piperidine rings is 1. The zero-order valence-corrected chi connectivity index (χ0v) is 17.2. The SMILES string of the molecule is CCC1CCC(C)N(C(=O)c2cnc(N(C)CC)nc2-c2ccccc2F)C1. The minimum atomic E-state index is -0.390. The number of benzene rings is 1. The fourth-order valence-corrected chi connectivity index (χ4v) is 3.67. The van der Waals surface area contributed by atoms with E-state index in [9.17, 15) is 9.18 Å². The fourth-order valence-electron chi connectivity index (χ4n) is 3.67. The number of hydrogen-bond acceptors (Lipinski definition) is 4. The molecule has 2 heterocycles. The predicted octanol–water partition coefficient (Wildman–Crippen LogP) is 4.39. The lowest BCUT2D eigenvalue weighted by Crippen LogP contribution is -2.45. The molecule has 1 fully saturated rings. The van der Waals surface area contributed by atoms with Crippen molar-refractivity contribution in [3.63, 3.8) is 0 Å². The van der Waals surface area contributed by atoms with Crippen molar-refractivity contribution < 1.29 is 9.18 Å². The summed E-state index contributed by atoms with van der Waals surface area (Å²) in [6.07, 6.45) is 4.73. The minimum Gasteiger partial charge on any atom is -0.344 e. The van der Waals surface area contributed by atoms with Crippen molar-refractivity contribution in [2.75, 3.05) is 25.0 Å². The van der Waals surface area contributed by atoms with Crippen molar-refractivity contribution >= 4 is 11.9 Å². The van der Waals surface area contributed by atoms with E-state index in [1.807, 2.05) is 23.8 Å². The molecule has 150 valence electrons. The smallest absolute Gasteiger partial charge is 0.257 e. The summed E-state index contributed by atoms with van der Waals surface area (Å²) in [5.74, 6) is 0.479. The van der Waals surface area contributed by atoms with Gasteiger partial charge in [0.15, 0.2) is 0 Å². The first-order chi connectivity index (χ1) is 13.5. The molecule has 0 aliphatic carbocycles. The number of carbonyl (C=O) groups is 1. The second-order valence-electron chi connectivity index (χ2n) is 7.58. The molecule has 1 aromatic heterocycles. The van der Waals surface area contributed by atoms with E-state index in [1.165, 1.54) is 6.07 Å². The van der Waals surface area contributed by atoms with Gasteiger partial charge in [0, 0.05) is 37.9 Å². The van der Waals surface area contributed by atoms with E-state index in [2.05, 4.69) is 23.8 Å². The van der Waals surface area contributed by atoms with Gasteiger partial charge in [-0.1, -0.05) is 25.5 Å². The molecule has 5 nitrogen and oxygen atoms in total. The average molecular weight is 384 g/mol. The lowest BCUT2D eigenvalue weighted by molar-refractivity contribution is 0.0556. The number of hydrogen-bond donors (Lipinski definition) is 0. The van der Waals surface area contributed by atoms with Crippen molar-refractivity contribution in [2.45, 2.75) is 46.1 Å².